The highest BCUT2D eigenvalue weighted by molar-refractivity contribution is 7.27. The first-order chi connectivity index (χ1) is 6.36. The van der Waals surface area contributed by atoms with E-state index in [4.69, 9.17) is 4.74 Å². The van der Waals surface area contributed by atoms with Gasteiger partial charge in [-0.3, -0.25) is 0 Å². The highest BCUT2D eigenvalue weighted by Gasteiger charge is 2.10. The summed E-state index contributed by atoms with van der Waals surface area (Å²) in [6.07, 6.45) is 0. The van der Waals surface area contributed by atoms with Crippen LogP contribution in [0.4, 0.5) is 5.69 Å². The molecule has 1 unspecified atom stereocenters. The third-order valence-electron chi connectivity index (χ3n) is 2.25. The van der Waals surface area contributed by atoms with Gasteiger partial charge in [-0.25, -0.2) is 0 Å². The zero-order valence-corrected chi connectivity index (χ0v) is 8.73. The Morgan fingerprint density at radius 3 is 2.69 bits per heavy atom. The molecule has 0 bridgehead atoms. The number of rotatable bonds is 1. The molecule has 1 heterocycles. The maximum Gasteiger partial charge on any atom is 0.0642 e. The Kier molecular flexibility index (Phi) is 2.82. The fraction of sp³-hybridized carbons (Fsp3) is 0.400. The minimum absolute atomic E-state index is 0.848. The van der Waals surface area contributed by atoms with E-state index in [9.17, 15) is 0 Å². The van der Waals surface area contributed by atoms with E-state index in [0.717, 1.165) is 26.3 Å². The summed E-state index contributed by atoms with van der Waals surface area (Å²) in [5.41, 5.74) is 1.30. The lowest BCUT2D eigenvalue weighted by molar-refractivity contribution is 0.122. The first-order valence-electron chi connectivity index (χ1n) is 4.54. The van der Waals surface area contributed by atoms with Gasteiger partial charge in [-0.1, -0.05) is 12.1 Å². The van der Waals surface area contributed by atoms with Crippen LogP contribution >= 0.6 is 9.24 Å². The summed E-state index contributed by atoms with van der Waals surface area (Å²) in [4.78, 5) is 2.36. The van der Waals surface area contributed by atoms with Crippen LogP contribution in [0.15, 0.2) is 24.3 Å². The Hall–Kier alpha value is -0.590. The number of hydrogen-bond acceptors (Lipinski definition) is 2. The van der Waals surface area contributed by atoms with Crippen LogP contribution in [0.5, 0.6) is 0 Å². The van der Waals surface area contributed by atoms with E-state index < -0.39 is 0 Å². The smallest absolute Gasteiger partial charge is 0.0642 e. The van der Waals surface area contributed by atoms with E-state index in [-0.39, 0.29) is 0 Å². The average molecular weight is 195 g/mol. The molecular formula is C10H14NOP. The van der Waals surface area contributed by atoms with E-state index in [1.54, 1.807) is 0 Å². The molecule has 1 atom stereocenters. The monoisotopic (exact) mass is 195 g/mol. The van der Waals surface area contributed by atoms with E-state index in [2.05, 4.69) is 38.4 Å². The van der Waals surface area contributed by atoms with Crippen LogP contribution in [0.2, 0.25) is 0 Å². The van der Waals surface area contributed by atoms with Crippen LogP contribution in [0.25, 0.3) is 0 Å². The summed E-state index contributed by atoms with van der Waals surface area (Å²) in [6, 6.07) is 8.52. The van der Waals surface area contributed by atoms with Crippen molar-refractivity contribution in [3.63, 3.8) is 0 Å². The zero-order chi connectivity index (χ0) is 9.10. The number of nitrogens with zero attached hydrogens (tertiary/aromatic N) is 1. The van der Waals surface area contributed by atoms with Gasteiger partial charge in [0.25, 0.3) is 0 Å². The molecule has 13 heavy (non-hydrogen) atoms. The van der Waals surface area contributed by atoms with Gasteiger partial charge < -0.3 is 9.64 Å². The molecule has 1 aliphatic rings. The van der Waals surface area contributed by atoms with Gasteiger partial charge in [0.05, 0.1) is 13.2 Å². The minimum atomic E-state index is 0.848. The Labute approximate surface area is 81.1 Å². The largest absolute Gasteiger partial charge is 0.378 e. The number of benzene rings is 1. The molecule has 2 rings (SSSR count). The van der Waals surface area contributed by atoms with Crippen LogP contribution in [0.1, 0.15) is 0 Å². The first kappa shape index (κ1) is 8.98. The van der Waals surface area contributed by atoms with Crippen LogP contribution in [0, 0.1) is 0 Å². The fourth-order valence-electron chi connectivity index (χ4n) is 1.54. The zero-order valence-electron chi connectivity index (χ0n) is 7.57. The van der Waals surface area contributed by atoms with Gasteiger partial charge in [0, 0.05) is 18.8 Å². The van der Waals surface area contributed by atoms with Crippen molar-refractivity contribution >= 4 is 20.2 Å². The van der Waals surface area contributed by atoms with Crippen LogP contribution in [-0.2, 0) is 4.74 Å². The first-order valence-corrected chi connectivity index (χ1v) is 5.12. The molecule has 1 aromatic rings. The third kappa shape index (κ3) is 2.20. The summed E-state index contributed by atoms with van der Waals surface area (Å²) in [6.45, 7) is 3.71. The Bertz CT molecular complexity index is 284. The van der Waals surface area contributed by atoms with Gasteiger partial charge in [-0.2, -0.15) is 0 Å². The Morgan fingerprint density at radius 2 is 2.00 bits per heavy atom. The van der Waals surface area contributed by atoms with E-state index in [1.165, 1.54) is 11.0 Å². The molecule has 3 heteroatoms. The van der Waals surface area contributed by atoms with Crippen LogP contribution < -0.4 is 10.2 Å². The molecule has 0 radical (unpaired) electrons. The lowest BCUT2D eigenvalue weighted by atomic mass is 10.2. The lowest BCUT2D eigenvalue weighted by Crippen LogP contribution is -2.36. The summed E-state index contributed by atoms with van der Waals surface area (Å²) in [5, 5.41) is 1.24. The highest BCUT2D eigenvalue weighted by atomic mass is 31.0. The average Bonchev–Trinajstić information content (AvgIpc) is 2.19. The number of morpholine rings is 1. The van der Waals surface area contributed by atoms with Crippen molar-refractivity contribution in [1.29, 1.82) is 0 Å². The second-order valence-corrected chi connectivity index (χ2v) is 3.86. The van der Waals surface area contributed by atoms with Crippen molar-refractivity contribution in [2.24, 2.45) is 0 Å². The molecule has 0 saturated carbocycles. The highest BCUT2D eigenvalue weighted by Crippen LogP contribution is 2.14. The van der Waals surface area contributed by atoms with Crippen LogP contribution in [-0.4, -0.2) is 26.3 Å². The molecule has 0 aromatic heterocycles. The molecule has 0 aliphatic carbocycles. The van der Waals surface area contributed by atoms with Crippen molar-refractivity contribution < 1.29 is 4.74 Å². The molecule has 70 valence electrons. The molecule has 0 spiro atoms. The van der Waals surface area contributed by atoms with Gasteiger partial charge in [-0.15, -0.1) is 9.24 Å². The topological polar surface area (TPSA) is 12.5 Å². The summed E-state index contributed by atoms with van der Waals surface area (Å²) in [5.74, 6) is 0. The molecule has 0 amide bonds. The molecule has 1 aromatic carbocycles. The second kappa shape index (κ2) is 4.08. The predicted molar refractivity (Wildman–Crippen MR) is 58.8 cm³/mol. The van der Waals surface area contributed by atoms with E-state index in [1.807, 2.05) is 0 Å². The third-order valence-corrected chi connectivity index (χ3v) is 2.61. The summed E-state index contributed by atoms with van der Waals surface area (Å²) in [7, 11) is 2.73. The van der Waals surface area contributed by atoms with Crippen molar-refractivity contribution in [3.8, 4) is 0 Å². The van der Waals surface area contributed by atoms with Crippen LogP contribution in [0.3, 0.4) is 0 Å². The van der Waals surface area contributed by atoms with Crippen molar-refractivity contribution in [3.05, 3.63) is 24.3 Å². The standard InChI is InChI=1S/C10H14NOP/c13-10-3-1-2-9(8-10)11-4-6-12-7-5-11/h1-3,8H,4-7,13H2. The lowest BCUT2D eigenvalue weighted by Gasteiger charge is -2.28. The Balaban J connectivity index is 2.14. The van der Waals surface area contributed by atoms with E-state index >= 15 is 0 Å². The number of hydrogen-bond donors (Lipinski definition) is 0. The minimum Gasteiger partial charge on any atom is -0.378 e. The van der Waals surface area contributed by atoms with Gasteiger partial charge in [0.1, 0.15) is 0 Å². The molecule has 2 nitrogen and oxygen atoms in total. The predicted octanol–water partition coefficient (Wildman–Crippen LogP) is 1.02. The van der Waals surface area contributed by atoms with Gasteiger partial charge in [0.2, 0.25) is 0 Å². The fourth-order valence-corrected chi connectivity index (χ4v) is 1.82. The van der Waals surface area contributed by atoms with Gasteiger partial charge in [-0.05, 0) is 17.4 Å². The SMILES string of the molecule is Pc1cccc(N2CCOCC2)c1. The van der Waals surface area contributed by atoms with Crippen molar-refractivity contribution in [1.82, 2.24) is 0 Å². The van der Waals surface area contributed by atoms with Crippen molar-refractivity contribution in [2.75, 3.05) is 31.2 Å². The summed E-state index contributed by atoms with van der Waals surface area (Å²) >= 11 is 0. The second-order valence-electron chi connectivity index (χ2n) is 3.19. The van der Waals surface area contributed by atoms with E-state index in [0.29, 0.717) is 0 Å². The van der Waals surface area contributed by atoms with Crippen molar-refractivity contribution in [2.45, 2.75) is 0 Å². The maximum atomic E-state index is 5.30. The summed E-state index contributed by atoms with van der Waals surface area (Å²) < 4.78 is 5.30. The number of anilines is 1. The van der Waals surface area contributed by atoms with Gasteiger partial charge >= 0.3 is 0 Å². The molecule has 0 N–H and O–H groups in total. The molecule has 1 aliphatic heterocycles. The molecule has 1 saturated heterocycles. The molecular weight excluding hydrogens is 181 g/mol. The maximum absolute atomic E-state index is 5.30. The Morgan fingerprint density at radius 1 is 1.23 bits per heavy atom. The number of ether oxygens (including phenoxy) is 1. The molecule has 1 fully saturated rings. The quantitative estimate of drug-likeness (QED) is 0.620. The van der Waals surface area contributed by atoms with Gasteiger partial charge in [0.15, 0.2) is 0 Å². The normalized spacial score (nSPS) is 17.5.